The van der Waals surface area contributed by atoms with E-state index in [-0.39, 0.29) is 16.7 Å². The van der Waals surface area contributed by atoms with Gasteiger partial charge < -0.3 is 9.47 Å². The molecule has 7 nitrogen and oxygen atoms in total. The lowest BCUT2D eigenvalue weighted by Crippen LogP contribution is -2.30. The van der Waals surface area contributed by atoms with Gasteiger partial charge in [-0.2, -0.15) is 0 Å². The Kier molecular flexibility index (Phi) is 5.43. The molecule has 134 valence electrons. The van der Waals surface area contributed by atoms with Gasteiger partial charge in [0.2, 0.25) is 15.9 Å². The Morgan fingerprint density at radius 2 is 1.92 bits per heavy atom. The van der Waals surface area contributed by atoms with E-state index in [9.17, 15) is 22.0 Å². The Labute approximate surface area is 146 Å². The largest absolute Gasteiger partial charge is 0.480 e. The average molecular weight is 393 g/mol. The highest BCUT2D eigenvalue weighted by atomic mass is 35.5. The van der Waals surface area contributed by atoms with Crippen molar-refractivity contribution >= 4 is 27.5 Å². The van der Waals surface area contributed by atoms with E-state index >= 15 is 0 Å². The van der Waals surface area contributed by atoms with Crippen molar-refractivity contribution < 1.29 is 31.5 Å². The van der Waals surface area contributed by atoms with Gasteiger partial charge in [0.05, 0.1) is 25.1 Å². The van der Waals surface area contributed by atoms with Crippen LogP contribution in [0, 0.1) is 11.6 Å². The molecule has 0 saturated heterocycles. The molecule has 1 aromatic carbocycles. The van der Waals surface area contributed by atoms with Crippen molar-refractivity contribution in [3.63, 3.8) is 0 Å². The Bertz CT molecular complexity index is 937. The van der Waals surface area contributed by atoms with Crippen molar-refractivity contribution in [2.75, 3.05) is 13.4 Å². The summed E-state index contributed by atoms with van der Waals surface area (Å²) in [4.78, 5) is 15.4. The molecule has 0 bridgehead atoms. The monoisotopic (exact) mass is 392 g/mol. The SMILES string of the molecule is COc1ncc(Oc2cc(F)c(C(=O)NS(C)(=O)=O)cc2F)cc1Cl. The van der Waals surface area contributed by atoms with Gasteiger partial charge in [-0.25, -0.2) is 26.9 Å². The predicted octanol–water partition coefficient (Wildman–Crippen LogP) is 2.50. The lowest BCUT2D eigenvalue weighted by molar-refractivity contribution is 0.0977. The summed E-state index contributed by atoms with van der Waals surface area (Å²) in [5.74, 6) is -4.00. The van der Waals surface area contributed by atoms with Gasteiger partial charge in [-0.3, -0.25) is 4.79 Å². The number of ether oxygens (including phenoxy) is 2. The number of halogens is 3. The van der Waals surface area contributed by atoms with Gasteiger partial charge >= 0.3 is 0 Å². The van der Waals surface area contributed by atoms with Crippen LogP contribution in [-0.2, 0) is 10.0 Å². The number of aromatic nitrogens is 1. The van der Waals surface area contributed by atoms with Crippen LogP contribution >= 0.6 is 11.6 Å². The molecule has 0 aliphatic rings. The number of benzene rings is 1. The Morgan fingerprint density at radius 1 is 1.24 bits per heavy atom. The molecule has 0 aliphatic carbocycles. The number of hydrogen-bond donors (Lipinski definition) is 1. The number of pyridine rings is 1. The van der Waals surface area contributed by atoms with E-state index in [2.05, 4.69) is 4.98 Å². The van der Waals surface area contributed by atoms with Gasteiger partial charge in [-0.05, 0) is 6.07 Å². The fourth-order valence-corrected chi connectivity index (χ4v) is 2.43. The quantitative estimate of drug-likeness (QED) is 0.840. The van der Waals surface area contributed by atoms with Gasteiger partial charge in [0.15, 0.2) is 11.6 Å². The number of amides is 1. The summed E-state index contributed by atoms with van der Waals surface area (Å²) < 4.78 is 61.6. The minimum absolute atomic E-state index is 0.00237. The van der Waals surface area contributed by atoms with Crippen LogP contribution in [0.1, 0.15) is 10.4 Å². The summed E-state index contributed by atoms with van der Waals surface area (Å²) >= 11 is 5.85. The summed E-state index contributed by atoms with van der Waals surface area (Å²) in [6.45, 7) is 0. The molecule has 25 heavy (non-hydrogen) atoms. The lowest BCUT2D eigenvalue weighted by atomic mass is 10.2. The first-order valence-electron chi connectivity index (χ1n) is 6.49. The van der Waals surface area contributed by atoms with Gasteiger partial charge in [0.1, 0.15) is 16.6 Å². The van der Waals surface area contributed by atoms with E-state index in [4.69, 9.17) is 21.1 Å². The molecule has 1 heterocycles. The van der Waals surface area contributed by atoms with Gasteiger partial charge in [-0.15, -0.1) is 0 Å². The Morgan fingerprint density at radius 3 is 2.48 bits per heavy atom. The van der Waals surface area contributed by atoms with Crippen LogP contribution < -0.4 is 14.2 Å². The number of carbonyl (C=O) groups excluding carboxylic acids is 1. The van der Waals surface area contributed by atoms with Crippen LogP contribution in [0.5, 0.6) is 17.4 Å². The van der Waals surface area contributed by atoms with E-state index in [1.54, 1.807) is 0 Å². The maximum Gasteiger partial charge on any atom is 0.267 e. The molecule has 1 aromatic heterocycles. The molecule has 2 rings (SSSR count). The van der Waals surface area contributed by atoms with Crippen molar-refractivity contribution in [3.8, 4) is 17.4 Å². The normalized spacial score (nSPS) is 11.1. The third kappa shape index (κ3) is 4.77. The second-order valence-electron chi connectivity index (χ2n) is 4.73. The molecule has 1 N–H and O–H groups in total. The van der Waals surface area contributed by atoms with E-state index in [0.717, 1.165) is 0 Å². The zero-order valence-corrected chi connectivity index (χ0v) is 14.4. The first kappa shape index (κ1) is 18.9. The van der Waals surface area contributed by atoms with Crippen molar-refractivity contribution in [1.29, 1.82) is 0 Å². The van der Waals surface area contributed by atoms with Gasteiger partial charge in [-0.1, -0.05) is 11.6 Å². The van der Waals surface area contributed by atoms with Crippen LogP contribution in [0.3, 0.4) is 0 Å². The summed E-state index contributed by atoms with van der Waals surface area (Å²) in [6, 6.07) is 2.39. The number of methoxy groups -OCH3 is 1. The zero-order chi connectivity index (χ0) is 18.8. The molecule has 1 amide bonds. The second-order valence-corrected chi connectivity index (χ2v) is 6.89. The van der Waals surface area contributed by atoms with E-state index < -0.39 is 38.9 Å². The standard InChI is InChI=1S/C14H11ClF2N2O5S/c1-23-14-9(15)3-7(6-18-14)24-12-5-10(16)8(4-11(12)17)13(20)19-25(2,21)22/h3-6H,1-2H3,(H,19,20). The molecule has 2 aromatic rings. The molecule has 0 unspecified atom stereocenters. The van der Waals surface area contributed by atoms with Crippen LogP contribution in [-0.4, -0.2) is 32.7 Å². The Balaban J connectivity index is 2.31. The van der Waals surface area contributed by atoms with E-state index in [0.29, 0.717) is 18.4 Å². The molecular weight excluding hydrogens is 382 g/mol. The maximum atomic E-state index is 14.1. The van der Waals surface area contributed by atoms with Crippen molar-refractivity contribution in [2.45, 2.75) is 0 Å². The molecule has 0 radical (unpaired) electrons. The summed E-state index contributed by atoms with van der Waals surface area (Å²) in [5.41, 5.74) is -0.791. The highest BCUT2D eigenvalue weighted by Crippen LogP contribution is 2.31. The van der Waals surface area contributed by atoms with E-state index in [1.165, 1.54) is 24.1 Å². The lowest BCUT2D eigenvalue weighted by Gasteiger charge is -2.10. The number of hydrogen-bond acceptors (Lipinski definition) is 6. The highest BCUT2D eigenvalue weighted by Gasteiger charge is 2.20. The third-order valence-corrected chi connectivity index (χ3v) is 3.57. The number of nitrogens with one attached hydrogen (secondary N) is 1. The number of rotatable bonds is 5. The van der Waals surface area contributed by atoms with Crippen LogP contribution in [0.25, 0.3) is 0 Å². The smallest absolute Gasteiger partial charge is 0.267 e. The average Bonchev–Trinajstić information content (AvgIpc) is 2.49. The van der Waals surface area contributed by atoms with Crippen molar-refractivity contribution in [2.24, 2.45) is 0 Å². The third-order valence-electron chi connectivity index (χ3n) is 2.75. The first-order chi connectivity index (χ1) is 11.6. The van der Waals surface area contributed by atoms with Crippen LogP contribution in [0.2, 0.25) is 5.02 Å². The fourth-order valence-electron chi connectivity index (χ4n) is 1.74. The number of carbonyl (C=O) groups is 1. The minimum Gasteiger partial charge on any atom is -0.480 e. The summed E-state index contributed by atoms with van der Waals surface area (Å²) in [5, 5.41) is 0.0880. The molecule has 0 aliphatic heterocycles. The molecule has 0 saturated carbocycles. The van der Waals surface area contributed by atoms with Crippen LogP contribution in [0.15, 0.2) is 24.4 Å². The van der Waals surface area contributed by atoms with E-state index in [1.807, 2.05) is 0 Å². The summed E-state index contributed by atoms with van der Waals surface area (Å²) in [7, 11) is -2.57. The molecule has 0 spiro atoms. The maximum absolute atomic E-state index is 14.1. The molecule has 0 fully saturated rings. The zero-order valence-electron chi connectivity index (χ0n) is 12.8. The fraction of sp³-hybridized carbons (Fsp3) is 0.143. The van der Waals surface area contributed by atoms with Crippen molar-refractivity contribution in [3.05, 3.63) is 46.6 Å². The molecular formula is C14H11ClF2N2O5S. The summed E-state index contributed by atoms with van der Waals surface area (Å²) in [6.07, 6.45) is 1.88. The number of sulfonamides is 1. The predicted molar refractivity (Wildman–Crippen MR) is 84.5 cm³/mol. The topological polar surface area (TPSA) is 94.6 Å². The minimum atomic E-state index is -3.93. The van der Waals surface area contributed by atoms with Gasteiger partial charge in [0, 0.05) is 12.1 Å². The van der Waals surface area contributed by atoms with Crippen molar-refractivity contribution in [1.82, 2.24) is 9.71 Å². The molecule has 11 heteroatoms. The molecule has 0 atom stereocenters. The van der Waals surface area contributed by atoms with Gasteiger partial charge in [0.25, 0.3) is 5.91 Å². The number of nitrogens with zero attached hydrogens (tertiary/aromatic N) is 1. The second kappa shape index (κ2) is 7.19. The highest BCUT2D eigenvalue weighted by molar-refractivity contribution is 7.89. The first-order valence-corrected chi connectivity index (χ1v) is 8.76. The van der Waals surface area contributed by atoms with Crippen LogP contribution in [0.4, 0.5) is 8.78 Å². The Hall–Kier alpha value is -2.46.